The summed E-state index contributed by atoms with van der Waals surface area (Å²) >= 11 is 0. The quantitative estimate of drug-likeness (QED) is 0.721. The molecule has 2 N–H and O–H groups in total. The van der Waals surface area contributed by atoms with Crippen LogP contribution >= 0.6 is 0 Å². The van der Waals surface area contributed by atoms with Crippen LogP contribution in [0.1, 0.15) is 22.3 Å². The van der Waals surface area contributed by atoms with Gasteiger partial charge >= 0.3 is 0 Å². The molecule has 3 heteroatoms. The first-order valence-corrected chi connectivity index (χ1v) is 4.71. The summed E-state index contributed by atoms with van der Waals surface area (Å²) in [7, 11) is 0. The highest BCUT2D eigenvalue weighted by Gasteiger charge is 2.09. The SMILES string of the molecule is OCc1cc2c(cc1CO)CCN=C2. The highest BCUT2D eigenvalue weighted by Crippen LogP contribution is 2.19. The van der Waals surface area contributed by atoms with Gasteiger partial charge in [0.05, 0.1) is 13.2 Å². The van der Waals surface area contributed by atoms with E-state index >= 15 is 0 Å². The van der Waals surface area contributed by atoms with E-state index in [1.807, 2.05) is 18.3 Å². The highest BCUT2D eigenvalue weighted by molar-refractivity contribution is 5.83. The molecule has 1 aromatic rings. The zero-order valence-corrected chi connectivity index (χ0v) is 7.90. The van der Waals surface area contributed by atoms with Crippen molar-refractivity contribution in [3.8, 4) is 0 Å². The molecule has 0 saturated heterocycles. The lowest BCUT2D eigenvalue weighted by atomic mass is 9.96. The van der Waals surface area contributed by atoms with Crippen molar-refractivity contribution in [2.45, 2.75) is 19.6 Å². The molecule has 0 atom stereocenters. The van der Waals surface area contributed by atoms with E-state index in [0.717, 1.165) is 29.7 Å². The molecule has 0 radical (unpaired) electrons. The lowest BCUT2D eigenvalue weighted by molar-refractivity contribution is 0.260. The number of aliphatic hydroxyl groups is 2. The molecule has 0 spiro atoms. The van der Waals surface area contributed by atoms with Gasteiger partial charge in [0, 0.05) is 12.8 Å². The standard InChI is InChI=1S/C11H13NO2/c13-6-10-3-8-1-2-12-5-9(8)4-11(10)7-14/h3-5,13-14H,1-2,6-7H2. The fourth-order valence-corrected chi connectivity index (χ4v) is 1.74. The molecule has 0 fully saturated rings. The molecule has 0 aromatic heterocycles. The van der Waals surface area contributed by atoms with Gasteiger partial charge in [-0.05, 0) is 34.7 Å². The second-order valence-corrected chi connectivity index (χ2v) is 3.42. The Kier molecular flexibility index (Phi) is 2.61. The lowest BCUT2D eigenvalue weighted by Gasteiger charge is -2.14. The number of rotatable bonds is 2. The van der Waals surface area contributed by atoms with Crippen molar-refractivity contribution in [1.29, 1.82) is 0 Å². The second-order valence-electron chi connectivity index (χ2n) is 3.42. The monoisotopic (exact) mass is 191 g/mol. The van der Waals surface area contributed by atoms with E-state index in [1.165, 1.54) is 5.56 Å². The summed E-state index contributed by atoms with van der Waals surface area (Å²) in [6.45, 7) is 0.771. The third-order valence-electron chi connectivity index (χ3n) is 2.54. The fourth-order valence-electron chi connectivity index (χ4n) is 1.74. The molecule has 0 aliphatic carbocycles. The predicted octanol–water partition coefficient (Wildman–Crippen LogP) is 0.646. The number of aliphatic imine (C=N–C) groups is 1. The number of aliphatic hydroxyl groups excluding tert-OH is 2. The zero-order valence-electron chi connectivity index (χ0n) is 7.90. The van der Waals surface area contributed by atoms with Crippen LogP contribution in [0.3, 0.4) is 0 Å². The number of benzene rings is 1. The summed E-state index contributed by atoms with van der Waals surface area (Å²) in [5.74, 6) is 0. The number of nitrogens with zero attached hydrogens (tertiary/aromatic N) is 1. The van der Waals surface area contributed by atoms with E-state index in [9.17, 15) is 0 Å². The first-order chi connectivity index (χ1) is 6.85. The van der Waals surface area contributed by atoms with Gasteiger partial charge in [-0.3, -0.25) is 4.99 Å². The van der Waals surface area contributed by atoms with Crippen LogP contribution in [-0.4, -0.2) is 23.0 Å². The summed E-state index contributed by atoms with van der Waals surface area (Å²) in [6, 6.07) is 3.87. The van der Waals surface area contributed by atoms with Gasteiger partial charge in [0.1, 0.15) is 0 Å². The molecule has 0 amide bonds. The van der Waals surface area contributed by atoms with Crippen LogP contribution in [0.15, 0.2) is 17.1 Å². The maximum absolute atomic E-state index is 9.11. The normalized spacial score (nSPS) is 14.1. The smallest absolute Gasteiger partial charge is 0.0685 e. The fraction of sp³-hybridized carbons (Fsp3) is 0.364. The molecule has 1 aliphatic rings. The Balaban J connectivity index is 2.50. The first kappa shape index (κ1) is 9.37. The Hall–Kier alpha value is -1.19. The van der Waals surface area contributed by atoms with Crippen molar-refractivity contribution in [3.05, 3.63) is 34.4 Å². The molecular weight excluding hydrogens is 178 g/mol. The van der Waals surface area contributed by atoms with Gasteiger partial charge in [0.25, 0.3) is 0 Å². The third-order valence-corrected chi connectivity index (χ3v) is 2.54. The summed E-state index contributed by atoms with van der Waals surface area (Å²) in [6.07, 6.45) is 2.75. The van der Waals surface area contributed by atoms with Gasteiger partial charge in [-0.1, -0.05) is 6.07 Å². The van der Waals surface area contributed by atoms with Gasteiger partial charge in [-0.15, -0.1) is 0 Å². The summed E-state index contributed by atoms with van der Waals surface area (Å²) < 4.78 is 0. The molecule has 1 heterocycles. The van der Waals surface area contributed by atoms with E-state index in [-0.39, 0.29) is 13.2 Å². The van der Waals surface area contributed by atoms with E-state index in [1.54, 1.807) is 0 Å². The van der Waals surface area contributed by atoms with Crippen LogP contribution in [0.25, 0.3) is 0 Å². The van der Waals surface area contributed by atoms with Crippen molar-refractivity contribution >= 4 is 6.21 Å². The topological polar surface area (TPSA) is 52.8 Å². The van der Waals surface area contributed by atoms with Crippen LogP contribution < -0.4 is 0 Å². The first-order valence-electron chi connectivity index (χ1n) is 4.71. The minimum Gasteiger partial charge on any atom is -0.392 e. The Morgan fingerprint density at radius 1 is 1.14 bits per heavy atom. The van der Waals surface area contributed by atoms with Crippen LogP contribution in [0, 0.1) is 0 Å². The molecule has 74 valence electrons. The second kappa shape index (κ2) is 3.90. The molecule has 14 heavy (non-hydrogen) atoms. The number of fused-ring (bicyclic) bond motifs is 1. The minimum atomic E-state index is -0.0307. The average molecular weight is 191 g/mol. The lowest BCUT2D eigenvalue weighted by Crippen LogP contribution is -2.06. The van der Waals surface area contributed by atoms with Crippen LogP contribution in [-0.2, 0) is 19.6 Å². The van der Waals surface area contributed by atoms with Gasteiger partial charge in [-0.2, -0.15) is 0 Å². The van der Waals surface area contributed by atoms with Crippen LogP contribution in [0.4, 0.5) is 0 Å². The largest absolute Gasteiger partial charge is 0.392 e. The molecule has 1 aromatic carbocycles. The number of hydrogen-bond acceptors (Lipinski definition) is 3. The van der Waals surface area contributed by atoms with Crippen LogP contribution in [0.5, 0.6) is 0 Å². The van der Waals surface area contributed by atoms with Crippen molar-refractivity contribution in [1.82, 2.24) is 0 Å². The Labute approximate surface area is 82.7 Å². The van der Waals surface area contributed by atoms with E-state index in [2.05, 4.69) is 4.99 Å². The molecular formula is C11H13NO2. The molecule has 0 saturated carbocycles. The van der Waals surface area contributed by atoms with Gasteiger partial charge < -0.3 is 10.2 Å². The van der Waals surface area contributed by atoms with Gasteiger partial charge in [-0.25, -0.2) is 0 Å². The maximum Gasteiger partial charge on any atom is 0.0685 e. The molecule has 3 nitrogen and oxygen atoms in total. The Bertz CT molecular complexity index is 372. The van der Waals surface area contributed by atoms with Crippen LogP contribution in [0.2, 0.25) is 0 Å². The van der Waals surface area contributed by atoms with E-state index in [0.29, 0.717) is 0 Å². The molecule has 0 unspecified atom stereocenters. The molecule has 1 aliphatic heterocycles. The zero-order chi connectivity index (χ0) is 9.97. The third kappa shape index (κ3) is 1.56. The van der Waals surface area contributed by atoms with Gasteiger partial charge in [0.15, 0.2) is 0 Å². The maximum atomic E-state index is 9.11. The summed E-state index contributed by atoms with van der Waals surface area (Å²) in [5, 5.41) is 18.2. The minimum absolute atomic E-state index is 0.0136. The Morgan fingerprint density at radius 3 is 2.57 bits per heavy atom. The Morgan fingerprint density at radius 2 is 1.86 bits per heavy atom. The predicted molar refractivity (Wildman–Crippen MR) is 54.5 cm³/mol. The van der Waals surface area contributed by atoms with E-state index in [4.69, 9.17) is 10.2 Å². The summed E-state index contributed by atoms with van der Waals surface area (Å²) in [4.78, 5) is 4.18. The van der Waals surface area contributed by atoms with Gasteiger partial charge in [0.2, 0.25) is 0 Å². The summed E-state index contributed by atoms with van der Waals surface area (Å²) in [5.41, 5.74) is 3.89. The van der Waals surface area contributed by atoms with Crippen molar-refractivity contribution in [3.63, 3.8) is 0 Å². The van der Waals surface area contributed by atoms with E-state index < -0.39 is 0 Å². The van der Waals surface area contributed by atoms with Crippen molar-refractivity contribution in [2.75, 3.05) is 6.54 Å². The average Bonchev–Trinajstić information content (AvgIpc) is 2.27. The highest BCUT2D eigenvalue weighted by atomic mass is 16.3. The van der Waals surface area contributed by atoms with Crippen molar-refractivity contribution < 1.29 is 10.2 Å². The van der Waals surface area contributed by atoms with Crippen molar-refractivity contribution in [2.24, 2.45) is 4.99 Å². The number of hydrogen-bond donors (Lipinski definition) is 2. The molecule has 2 rings (SSSR count). The molecule has 0 bridgehead atoms.